The highest BCUT2D eigenvalue weighted by Crippen LogP contribution is 2.38. The number of aromatic nitrogens is 4. The van der Waals surface area contributed by atoms with Gasteiger partial charge in [0, 0.05) is 13.0 Å². The quantitative estimate of drug-likeness (QED) is 0.636. The third-order valence-electron chi connectivity index (χ3n) is 4.92. The molecule has 0 aliphatic rings. The molecular weight excluding hydrogens is 358 g/mol. The maximum atomic E-state index is 6.04. The van der Waals surface area contributed by atoms with Crippen LogP contribution < -0.4 is 19.9 Å². The molecule has 0 saturated carbocycles. The monoisotopic (exact) mass is 385 g/mol. The van der Waals surface area contributed by atoms with Crippen LogP contribution in [0.2, 0.25) is 0 Å². The molecule has 2 heterocycles. The summed E-state index contributed by atoms with van der Waals surface area (Å²) in [5, 5.41) is 0. The fraction of sp³-hybridized carbons (Fsp3) is 0.450. The Bertz CT molecular complexity index is 945. The van der Waals surface area contributed by atoms with Gasteiger partial charge in [-0.2, -0.15) is 0 Å². The van der Waals surface area contributed by atoms with E-state index in [0.29, 0.717) is 40.9 Å². The first-order valence-corrected chi connectivity index (χ1v) is 9.26. The number of anilines is 1. The molecule has 8 nitrogen and oxygen atoms in total. The lowest BCUT2D eigenvalue weighted by Gasteiger charge is -2.16. The number of nitrogens with zero attached hydrogens (tertiary/aromatic N) is 4. The standard InChI is InChI=1S/C20H27N5O3/c1-6-12(2)10-25-16(24-17-19(21)22-11-23-20(17)25)9-13-7-14(26-3)18(28-5)15(8-13)27-4/h7-8,11-12H,6,9-10H2,1-5H3,(H2,21,22,23). The van der Waals surface area contributed by atoms with Crippen molar-refractivity contribution in [1.29, 1.82) is 0 Å². The zero-order valence-electron chi connectivity index (χ0n) is 17.0. The molecule has 1 atom stereocenters. The Morgan fingerprint density at radius 2 is 1.75 bits per heavy atom. The predicted molar refractivity (Wildman–Crippen MR) is 108 cm³/mol. The minimum Gasteiger partial charge on any atom is -0.493 e. The molecule has 0 radical (unpaired) electrons. The Labute approximate surface area is 164 Å². The third-order valence-corrected chi connectivity index (χ3v) is 4.92. The van der Waals surface area contributed by atoms with Gasteiger partial charge < -0.3 is 24.5 Å². The number of nitrogen functional groups attached to an aromatic ring is 1. The molecule has 0 amide bonds. The minimum atomic E-state index is 0.388. The number of nitrogens with two attached hydrogens (primary N) is 1. The van der Waals surface area contributed by atoms with Crippen LogP contribution in [0.1, 0.15) is 31.7 Å². The molecule has 0 saturated heterocycles. The number of ether oxygens (including phenoxy) is 3. The smallest absolute Gasteiger partial charge is 0.203 e. The van der Waals surface area contributed by atoms with Gasteiger partial charge in [-0.25, -0.2) is 15.0 Å². The number of hydrogen-bond donors (Lipinski definition) is 1. The number of methoxy groups -OCH3 is 3. The van der Waals surface area contributed by atoms with E-state index in [9.17, 15) is 0 Å². The summed E-state index contributed by atoms with van der Waals surface area (Å²) >= 11 is 0. The number of fused-ring (bicyclic) bond motifs is 1. The second-order valence-electron chi connectivity index (χ2n) is 6.79. The van der Waals surface area contributed by atoms with Crippen LogP contribution in [-0.2, 0) is 13.0 Å². The van der Waals surface area contributed by atoms with E-state index in [1.807, 2.05) is 12.1 Å². The average molecular weight is 385 g/mol. The van der Waals surface area contributed by atoms with Crippen molar-refractivity contribution in [2.75, 3.05) is 27.1 Å². The van der Waals surface area contributed by atoms with Gasteiger partial charge in [-0.1, -0.05) is 20.3 Å². The van der Waals surface area contributed by atoms with Crippen molar-refractivity contribution in [2.45, 2.75) is 33.2 Å². The van der Waals surface area contributed by atoms with Gasteiger partial charge >= 0.3 is 0 Å². The highest BCUT2D eigenvalue weighted by atomic mass is 16.5. The Balaban J connectivity index is 2.09. The maximum Gasteiger partial charge on any atom is 0.203 e. The first-order valence-electron chi connectivity index (χ1n) is 9.26. The molecule has 2 N–H and O–H groups in total. The largest absolute Gasteiger partial charge is 0.493 e. The van der Waals surface area contributed by atoms with Crippen molar-refractivity contribution >= 4 is 17.0 Å². The topological polar surface area (TPSA) is 97.3 Å². The molecule has 28 heavy (non-hydrogen) atoms. The SMILES string of the molecule is CCC(C)Cn1c(Cc2cc(OC)c(OC)c(OC)c2)nc2c(N)ncnc21. The van der Waals surface area contributed by atoms with E-state index in [4.69, 9.17) is 24.9 Å². The molecule has 1 unspecified atom stereocenters. The maximum absolute atomic E-state index is 6.04. The van der Waals surface area contributed by atoms with Crippen molar-refractivity contribution in [3.8, 4) is 17.2 Å². The third kappa shape index (κ3) is 3.67. The van der Waals surface area contributed by atoms with Crippen LogP contribution in [0.25, 0.3) is 11.2 Å². The van der Waals surface area contributed by atoms with Gasteiger partial charge in [0.15, 0.2) is 28.5 Å². The van der Waals surface area contributed by atoms with Crippen LogP contribution in [0.5, 0.6) is 17.2 Å². The minimum absolute atomic E-state index is 0.388. The van der Waals surface area contributed by atoms with Crippen LogP contribution in [0.15, 0.2) is 18.5 Å². The summed E-state index contributed by atoms with van der Waals surface area (Å²) in [5.41, 5.74) is 8.42. The van der Waals surface area contributed by atoms with Crippen molar-refractivity contribution in [3.63, 3.8) is 0 Å². The second kappa shape index (κ2) is 8.33. The molecule has 0 bridgehead atoms. The van der Waals surface area contributed by atoms with Crippen LogP contribution in [-0.4, -0.2) is 40.8 Å². The van der Waals surface area contributed by atoms with Crippen molar-refractivity contribution in [1.82, 2.24) is 19.5 Å². The summed E-state index contributed by atoms with van der Waals surface area (Å²) in [6.07, 6.45) is 3.11. The van der Waals surface area contributed by atoms with Crippen molar-refractivity contribution in [2.24, 2.45) is 5.92 Å². The summed E-state index contributed by atoms with van der Waals surface area (Å²) in [4.78, 5) is 13.3. The lowest BCUT2D eigenvalue weighted by molar-refractivity contribution is 0.324. The van der Waals surface area contributed by atoms with Gasteiger partial charge in [-0.3, -0.25) is 0 Å². The Hall–Kier alpha value is -3.03. The summed E-state index contributed by atoms with van der Waals surface area (Å²) < 4.78 is 18.5. The summed E-state index contributed by atoms with van der Waals surface area (Å²) in [6.45, 7) is 5.19. The first kappa shape index (κ1) is 19.7. The molecule has 3 rings (SSSR count). The van der Waals surface area contributed by atoms with E-state index in [1.54, 1.807) is 21.3 Å². The Kier molecular flexibility index (Phi) is 5.87. The van der Waals surface area contributed by atoms with Gasteiger partial charge in [0.05, 0.1) is 21.3 Å². The molecule has 3 aromatic rings. The molecule has 0 aliphatic heterocycles. The zero-order chi connectivity index (χ0) is 20.3. The average Bonchev–Trinajstić information content (AvgIpc) is 3.05. The van der Waals surface area contributed by atoms with Gasteiger partial charge in [0.1, 0.15) is 12.2 Å². The highest BCUT2D eigenvalue weighted by molar-refractivity contribution is 5.81. The number of benzene rings is 1. The summed E-state index contributed by atoms with van der Waals surface area (Å²) in [5.74, 6) is 3.53. The Morgan fingerprint density at radius 1 is 1.07 bits per heavy atom. The number of rotatable bonds is 8. The van der Waals surface area contributed by atoms with E-state index >= 15 is 0 Å². The van der Waals surface area contributed by atoms with Gasteiger partial charge in [0.25, 0.3) is 0 Å². The highest BCUT2D eigenvalue weighted by Gasteiger charge is 2.19. The van der Waals surface area contributed by atoms with E-state index in [-0.39, 0.29) is 0 Å². The first-order chi connectivity index (χ1) is 13.5. The van der Waals surface area contributed by atoms with E-state index in [0.717, 1.165) is 30.0 Å². The lowest BCUT2D eigenvalue weighted by Crippen LogP contribution is -2.11. The van der Waals surface area contributed by atoms with Crippen LogP contribution >= 0.6 is 0 Å². The fourth-order valence-electron chi connectivity index (χ4n) is 3.19. The summed E-state index contributed by atoms with van der Waals surface area (Å²) in [6, 6.07) is 3.87. The number of hydrogen-bond acceptors (Lipinski definition) is 7. The van der Waals surface area contributed by atoms with Gasteiger partial charge in [-0.15, -0.1) is 0 Å². The summed E-state index contributed by atoms with van der Waals surface area (Å²) in [7, 11) is 4.80. The van der Waals surface area contributed by atoms with E-state index < -0.39 is 0 Å². The van der Waals surface area contributed by atoms with Crippen molar-refractivity contribution in [3.05, 3.63) is 29.8 Å². The van der Waals surface area contributed by atoms with Gasteiger partial charge in [0.2, 0.25) is 5.75 Å². The fourth-order valence-corrected chi connectivity index (χ4v) is 3.19. The second-order valence-corrected chi connectivity index (χ2v) is 6.79. The van der Waals surface area contributed by atoms with E-state index in [2.05, 4.69) is 28.4 Å². The molecule has 8 heteroatoms. The van der Waals surface area contributed by atoms with Crippen molar-refractivity contribution < 1.29 is 14.2 Å². The van der Waals surface area contributed by atoms with E-state index in [1.165, 1.54) is 6.33 Å². The number of imidazole rings is 1. The Morgan fingerprint density at radius 3 is 2.32 bits per heavy atom. The molecule has 0 aliphatic carbocycles. The van der Waals surface area contributed by atoms with Gasteiger partial charge in [-0.05, 0) is 23.6 Å². The molecule has 2 aromatic heterocycles. The molecule has 0 spiro atoms. The van der Waals surface area contributed by atoms with Crippen LogP contribution in [0.3, 0.4) is 0 Å². The molecule has 1 aromatic carbocycles. The normalized spacial score (nSPS) is 12.2. The molecular formula is C20H27N5O3. The van der Waals surface area contributed by atoms with Crippen LogP contribution in [0.4, 0.5) is 5.82 Å². The molecule has 0 fully saturated rings. The zero-order valence-corrected chi connectivity index (χ0v) is 17.0. The lowest BCUT2D eigenvalue weighted by atomic mass is 10.1. The predicted octanol–water partition coefficient (Wildman–Crippen LogP) is 3.07. The van der Waals surface area contributed by atoms with Crippen LogP contribution in [0, 0.1) is 5.92 Å². The molecule has 150 valence electrons.